The monoisotopic (exact) mass is 370 g/mol. The summed E-state index contributed by atoms with van der Waals surface area (Å²) in [6.07, 6.45) is 7.20. The number of benzene rings is 1. The highest BCUT2D eigenvalue weighted by Gasteiger charge is 2.23. The van der Waals surface area contributed by atoms with Crippen molar-refractivity contribution >= 4 is 11.6 Å². The summed E-state index contributed by atoms with van der Waals surface area (Å²) in [6.45, 7) is 3.31. The fourth-order valence-electron chi connectivity index (χ4n) is 3.87. The minimum Gasteiger partial charge on any atom is -0.354 e. The van der Waals surface area contributed by atoms with Gasteiger partial charge < -0.3 is 4.90 Å². The maximum atomic E-state index is 4.81. The number of nitrogens with zero attached hydrogens (tertiary/aromatic N) is 6. The smallest absolute Gasteiger partial charge is 0.255 e. The molecule has 5 rings (SSSR count). The van der Waals surface area contributed by atoms with Crippen molar-refractivity contribution in [1.29, 1.82) is 0 Å². The van der Waals surface area contributed by atoms with Crippen molar-refractivity contribution in [3.8, 4) is 22.6 Å². The molecule has 140 valence electrons. The van der Waals surface area contributed by atoms with Gasteiger partial charge in [-0.1, -0.05) is 30.3 Å². The van der Waals surface area contributed by atoms with E-state index in [9.17, 15) is 0 Å². The lowest BCUT2D eigenvalue weighted by molar-refractivity contribution is 0.478. The molecule has 0 N–H and O–H groups in total. The van der Waals surface area contributed by atoms with Crippen molar-refractivity contribution in [1.82, 2.24) is 24.6 Å². The molecule has 0 unspecified atom stereocenters. The number of fused-ring (bicyclic) bond motifs is 1. The van der Waals surface area contributed by atoms with Gasteiger partial charge in [-0.25, -0.2) is 4.98 Å². The molecule has 0 amide bonds. The summed E-state index contributed by atoms with van der Waals surface area (Å²) in [5, 5.41) is 4.79. The average molecular weight is 370 g/mol. The predicted octanol–water partition coefficient (Wildman–Crippen LogP) is 4.23. The highest BCUT2D eigenvalue weighted by Crippen LogP contribution is 2.29. The summed E-state index contributed by atoms with van der Waals surface area (Å²) >= 11 is 0. The third kappa shape index (κ3) is 3.01. The van der Waals surface area contributed by atoms with E-state index in [0.717, 1.165) is 29.2 Å². The highest BCUT2D eigenvalue weighted by molar-refractivity contribution is 5.67. The van der Waals surface area contributed by atoms with Crippen molar-refractivity contribution in [2.75, 3.05) is 11.4 Å². The van der Waals surface area contributed by atoms with Crippen molar-refractivity contribution in [3.05, 3.63) is 60.9 Å². The van der Waals surface area contributed by atoms with Gasteiger partial charge in [-0.05, 0) is 38.3 Å². The van der Waals surface area contributed by atoms with Gasteiger partial charge in [0.15, 0.2) is 5.82 Å². The number of hydrogen-bond donors (Lipinski definition) is 0. The molecule has 1 aliphatic rings. The summed E-state index contributed by atoms with van der Waals surface area (Å²) in [6, 6.07) is 16.7. The topological polar surface area (TPSA) is 59.2 Å². The van der Waals surface area contributed by atoms with E-state index in [0.29, 0.717) is 17.6 Å². The van der Waals surface area contributed by atoms with Crippen molar-refractivity contribution in [2.24, 2.45) is 0 Å². The van der Waals surface area contributed by atoms with Crippen molar-refractivity contribution in [2.45, 2.75) is 32.2 Å². The van der Waals surface area contributed by atoms with Gasteiger partial charge in [0.2, 0.25) is 0 Å². The predicted molar refractivity (Wildman–Crippen MR) is 110 cm³/mol. The molecule has 6 nitrogen and oxygen atoms in total. The van der Waals surface area contributed by atoms with Gasteiger partial charge in [0.25, 0.3) is 5.78 Å². The first-order chi connectivity index (χ1) is 13.8. The van der Waals surface area contributed by atoms with Gasteiger partial charge in [0.1, 0.15) is 5.82 Å². The number of hydrogen-bond acceptors (Lipinski definition) is 5. The Morgan fingerprint density at radius 1 is 0.964 bits per heavy atom. The van der Waals surface area contributed by atoms with Crippen LogP contribution in [0.15, 0.2) is 60.9 Å². The fourth-order valence-corrected chi connectivity index (χ4v) is 3.87. The molecule has 28 heavy (non-hydrogen) atoms. The maximum absolute atomic E-state index is 4.81. The van der Waals surface area contributed by atoms with Gasteiger partial charge in [-0.3, -0.25) is 4.98 Å². The molecule has 1 aliphatic heterocycles. The summed E-state index contributed by atoms with van der Waals surface area (Å²) in [5.41, 5.74) is 2.90. The molecule has 0 aliphatic carbocycles. The second-order valence-corrected chi connectivity index (χ2v) is 7.29. The quantitative estimate of drug-likeness (QED) is 0.540. The number of rotatable bonds is 3. The Morgan fingerprint density at radius 3 is 2.61 bits per heavy atom. The number of aromatic nitrogens is 5. The Bertz CT molecular complexity index is 1090. The van der Waals surface area contributed by atoms with E-state index in [4.69, 9.17) is 15.1 Å². The molecule has 1 fully saturated rings. The molecule has 4 aromatic rings. The van der Waals surface area contributed by atoms with Crippen LogP contribution >= 0.6 is 0 Å². The van der Waals surface area contributed by atoms with E-state index in [2.05, 4.69) is 35.0 Å². The average Bonchev–Trinajstić information content (AvgIpc) is 3.19. The third-order valence-electron chi connectivity index (χ3n) is 5.38. The van der Waals surface area contributed by atoms with Crippen LogP contribution in [-0.4, -0.2) is 37.2 Å². The van der Waals surface area contributed by atoms with Gasteiger partial charge in [-0.15, -0.1) is 5.10 Å². The molecule has 1 atom stereocenters. The minimum atomic E-state index is 0.467. The van der Waals surface area contributed by atoms with Crippen LogP contribution in [0.1, 0.15) is 26.2 Å². The van der Waals surface area contributed by atoms with Gasteiger partial charge in [0.05, 0.1) is 5.69 Å². The first kappa shape index (κ1) is 16.9. The van der Waals surface area contributed by atoms with E-state index in [-0.39, 0.29) is 0 Å². The highest BCUT2D eigenvalue weighted by atomic mass is 15.4. The number of pyridine rings is 1. The molecule has 0 radical (unpaired) electrons. The molecular weight excluding hydrogens is 348 g/mol. The standard InChI is InChI=1S/C22H22N6/c1-16-8-5-6-13-27(16)20-14-19(17-9-3-2-4-10-17)24-22-25-21(26-28(20)22)18-11-7-12-23-15-18/h2-4,7,9-12,14-16H,5-6,8,13H2,1H3/t16-/m0/s1. The lowest BCUT2D eigenvalue weighted by Crippen LogP contribution is -2.38. The Morgan fingerprint density at radius 2 is 1.82 bits per heavy atom. The first-order valence-electron chi connectivity index (χ1n) is 9.80. The van der Waals surface area contributed by atoms with E-state index in [1.54, 1.807) is 12.4 Å². The van der Waals surface area contributed by atoms with E-state index in [1.807, 2.05) is 34.8 Å². The Kier molecular flexibility index (Phi) is 4.24. The molecular formula is C22H22N6. The first-order valence-corrected chi connectivity index (χ1v) is 9.80. The molecule has 0 spiro atoms. The van der Waals surface area contributed by atoms with Gasteiger partial charge >= 0.3 is 0 Å². The zero-order valence-corrected chi connectivity index (χ0v) is 15.9. The Balaban J connectivity index is 1.71. The summed E-state index contributed by atoms with van der Waals surface area (Å²) in [4.78, 5) is 16.2. The molecule has 0 bridgehead atoms. The SMILES string of the molecule is C[C@H]1CCCCN1c1cc(-c2ccccc2)nc2nc(-c3cccnc3)nn12. The second kappa shape index (κ2) is 7.03. The summed E-state index contributed by atoms with van der Waals surface area (Å²) < 4.78 is 1.89. The van der Waals surface area contributed by atoms with Crippen LogP contribution in [-0.2, 0) is 0 Å². The molecule has 3 aromatic heterocycles. The molecule has 1 aromatic carbocycles. The maximum Gasteiger partial charge on any atom is 0.255 e. The molecule has 1 saturated heterocycles. The van der Waals surface area contributed by atoms with Crippen LogP contribution in [0.5, 0.6) is 0 Å². The van der Waals surface area contributed by atoms with Gasteiger partial charge in [0, 0.05) is 42.2 Å². The number of piperidine rings is 1. The van der Waals surface area contributed by atoms with E-state index in [1.165, 1.54) is 19.3 Å². The van der Waals surface area contributed by atoms with Crippen molar-refractivity contribution in [3.63, 3.8) is 0 Å². The lowest BCUT2D eigenvalue weighted by Gasteiger charge is -2.35. The fraction of sp³-hybridized carbons (Fsp3) is 0.273. The largest absolute Gasteiger partial charge is 0.354 e. The summed E-state index contributed by atoms with van der Waals surface area (Å²) in [5.74, 6) is 2.32. The van der Waals surface area contributed by atoms with Crippen LogP contribution in [0.4, 0.5) is 5.82 Å². The van der Waals surface area contributed by atoms with E-state index < -0.39 is 0 Å². The third-order valence-corrected chi connectivity index (χ3v) is 5.38. The Hall–Kier alpha value is -3.28. The van der Waals surface area contributed by atoms with Gasteiger partial charge in [-0.2, -0.15) is 9.50 Å². The zero-order chi connectivity index (χ0) is 18.9. The van der Waals surface area contributed by atoms with Crippen molar-refractivity contribution < 1.29 is 0 Å². The summed E-state index contributed by atoms with van der Waals surface area (Å²) in [7, 11) is 0. The zero-order valence-electron chi connectivity index (χ0n) is 15.9. The normalized spacial score (nSPS) is 17.2. The van der Waals surface area contributed by atoms with Crippen LogP contribution in [0.3, 0.4) is 0 Å². The molecule has 6 heteroatoms. The molecule has 4 heterocycles. The van der Waals surface area contributed by atoms with E-state index >= 15 is 0 Å². The van der Waals surface area contributed by atoms with Crippen LogP contribution in [0.2, 0.25) is 0 Å². The van der Waals surface area contributed by atoms with Crippen LogP contribution < -0.4 is 4.90 Å². The minimum absolute atomic E-state index is 0.467. The Labute approximate surface area is 163 Å². The molecule has 0 saturated carbocycles. The number of anilines is 1. The second-order valence-electron chi connectivity index (χ2n) is 7.29. The lowest BCUT2D eigenvalue weighted by atomic mass is 10.0. The van der Waals surface area contributed by atoms with Crippen LogP contribution in [0, 0.1) is 0 Å². The van der Waals surface area contributed by atoms with Crippen LogP contribution in [0.25, 0.3) is 28.4 Å².